The number of rotatable bonds is 5. The molecular formula is C51H31N5O. The molecule has 0 aliphatic heterocycles. The van der Waals surface area contributed by atoms with Crippen molar-refractivity contribution in [2.75, 3.05) is 0 Å². The molecule has 4 heterocycles. The molecule has 0 bridgehead atoms. The van der Waals surface area contributed by atoms with Crippen LogP contribution in [-0.2, 0) is 0 Å². The molecule has 6 heteroatoms. The molecule has 0 aliphatic carbocycles. The zero-order valence-corrected chi connectivity index (χ0v) is 30.5. The Morgan fingerprint density at radius 2 is 0.807 bits per heavy atom. The zero-order chi connectivity index (χ0) is 37.5. The Morgan fingerprint density at radius 1 is 0.316 bits per heavy atom. The van der Waals surface area contributed by atoms with Crippen LogP contribution in [0.1, 0.15) is 0 Å². The Kier molecular flexibility index (Phi) is 6.83. The van der Waals surface area contributed by atoms with E-state index < -0.39 is 0 Å². The number of furan rings is 1. The average Bonchev–Trinajstić information content (AvgIpc) is 3.93. The van der Waals surface area contributed by atoms with Crippen molar-refractivity contribution in [3.63, 3.8) is 0 Å². The summed E-state index contributed by atoms with van der Waals surface area (Å²) < 4.78 is 10.8. The third kappa shape index (κ3) is 4.94. The number of para-hydroxylation sites is 3. The van der Waals surface area contributed by atoms with Gasteiger partial charge in [-0.25, -0.2) is 4.98 Å². The van der Waals surface area contributed by atoms with E-state index in [-0.39, 0.29) is 0 Å². The fourth-order valence-corrected chi connectivity index (χ4v) is 8.55. The van der Waals surface area contributed by atoms with Gasteiger partial charge in [-0.05, 0) is 65.7 Å². The van der Waals surface area contributed by atoms with Crippen molar-refractivity contribution in [1.29, 1.82) is 0 Å². The van der Waals surface area contributed by atoms with Gasteiger partial charge in [0, 0.05) is 55.2 Å². The van der Waals surface area contributed by atoms with E-state index in [0.29, 0.717) is 17.6 Å². The standard InChI is InChI=1S/C51H31N5O/c1-3-13-32(14-4-1)49-52-50(33-15-5-2-6-16-33)54-51(53-49)56-44-21-11-8-18-38(44)42-30-35(24-28-46(42)56)34-23-27-45-41(29-34)37-17-7-10-20-43(37)55(45)36-25-26-40-39-19-9-12-22-47(39)57-48(40)31-36/h1-31H. The van der Waals surface area contributed by atoms with Gasteiger partial charge in [0.25, 0.3) is 0 Å². The molecule has 8 aromatic carbocycles. The first-order chi connectivity index (χ1) is 28.2. The van der Waals surface area contributed by atoms with Crippen molar-refractivity contribution in [3.05, 3.63) is 188 Å². The Balaban J connectivity index is 1.02. The van der Waals surface area contributed by atoms with E-state index in [4.69, 9.17) is 19.4 Å². The van der Waals surface area contributed by atoms with E-state index in [1.54, 1.807) is 0 Å². The molecular weight excluding hydrogens is 699 g/mol. The summed E-state index contributed by atoms with van der Waals surface area (Å²) in [6.45, 7) is 0. The van der Waals surface area contributed by atoms with Gasteiger partial charge in [-0.3, -0.25) is 4.57 Å². The lowest BCUT2D eigenvalue weighted by Crippen LogP contribution is -2.06. The second kappa shape index (κ2) is 12.3. The highest BCUT2D eigenvalue weighted by molar-refractivity contribution is 6.13. The van der Waals surface area contributed by atoms with Crippen LogP contribution in [0.15, 0.2) is 192 Å². The van der Waals surface area contributed by atoms with Crippen LogP contribution in [0.4, 0.5) is 0 Å². The molecule has 266 valence electrons. The molecule has 0 unspecified atom stereocenters. The Morgan fingerprint density at radius 3 is 1.44 bits per heavy atom. The Labute approximate surface area is 326 Å². The normalized spacial score (nSPS) is 11.9. The molecule has 0 amide bonds. The maximum absolute atomic E-state index is 6.31. The van der Waals surface area contributed by atoms with Crippen LogP contribution >= 0.6 is 0 Å². The van der Waals surface area contributed by atoms with E-state index in [1.807, 2.05) is 72.8 Å². The molecule has 0 N–H and O–H groups in total. The summed E-state index contributed by atoms with van der Waals surface area (Å²) in [5, 5.41) is 6.92. The quantitative estimate of drug-likeness (QED) is 0.177. The minimum atomic E-state index is 0.580. The summed E-state index contributed by atoms with van der Waals surface area (Å²) in [5.41, 5.74) is 11.4. The maximum atomic E-state index is 6.31. The van der Waals surface area contributed by atoms with E-state index in [0.717, 1.165) is 82.7 Å². The molecule has 57 heavy (non-hydrogen) atoms. The lowest BCUT2D eigenvalue weighted by molar-refractivity contribution is 0.668. The van der Waals surface area contributed by atoms with Gasteiger partial charge in [0.1, 0.15) is 11.2 Å². The maximum Gasteiger partial charge on any atom is 0.238 e. The summed E-state index contributed by atoms with van der Waals surface area (Å²) in [5.74, 6) is 1.84. The van der Waals surface area contributed by atoms with Crippen molar-refractivity contribution < 1.29 is 4.42 Å². The van der Waals surface area contributed by atoms with Crippen LogP contribution in [0.2, 0.25) is 0 Å². The molecule has 0 radical (unpaired) electrons. The molecule has 12 rings (SSSR count). The van der Waals surface area contributed by atoms with Gasteiger partial charge in [0.05, 0.1) is 22.1 Å². The van der Waals surface area contributed by atoms with Crippen molar-refractivity contribution in [1.82, 2.24) is 24.1 Å². The molecule has 12 aromatic rings. The van der Waals surface area contributed by atoms with E-state index >= 15 is 0 Å². The molecule has 0 aliphatic rings. The van der Waals surface area contributed by atoms with Crippen LogP contribution < -0.4 is 0 Å². The zero-order valence-electron chi connectivity index (χ0n) is 30.5. The Hall–Kier alpha value is -7.83. The van der Waals surface area contributed by atoms with E-state index in [9.17, 15) is 0 Å². The summed E-state index contributed by atoms with van der Waals surface area (Å²) in [4.78, 5) is 15.2. The summed E-state index contributed by atoms with van der Waals surface area (Å²) in [6, 6.07) is 65.7. The number of hydrogen-bond acceptors (Lipinski definition) is 4. The van der Waals surface area contributed by atoms with Crippen LogP contribution in [0.3, 0.4) is 0 Å². The summed E-state index contributed by atoms with van der Waals surface area (Å²) in [7, 11) is 0. The smallest absolute Gasteiger partial charge is 0.238 e. The first kappa shape index (κ1) is 31.5. The van der Waals surface area contributed by atoms with Gasteiger partial charge in [-0.2, -0.15) is 9.97 Å². The topological polar surface area (TPSA) is 61.7 Å². The van der Waals surface area contributed by atoms with Gasteiger partial charge in [-0.15, -0.1) is 0 Å². The fourth-order valence-electron chi connectivity index (χ4n) is 8.55. The third-order valence-corrected chi connectivity index (χ3v) is 11.2. The van der Waals surface area contributed by atoms with Crippen LogP contribution in [-0.4, -0.2) is 24.1 Å². The number of benzene rings is 8. The lowest BCUT2D eigenvalue weighted by Gasteiger charge is -2.11. The van der Waals surface area contributed by atoms with Crippen LogP contribution in [0.5, 0.6) is 0 Å². The average molecular weight is 730 g/mol. The highest BCUT2D eigenvalue weighted by atomic mass is 16.3. The minimum absolute atomic E-state index is 0.580. The SMILES string of the molecule is c1ccc(-c2nc(-c3ccccc3)nc(-n3c4ccccc4c4cc(-c5ccc6c(c5)c5ccccc5n6-c5ccc6c(c5)oc5ccccc56)ccc43)n2)cc1. The molecule has 4 aromatic heterocycles. The van der Waals surface area contributed by atoms with Crippen molar-refractivity contribution in [3.8, 4) is 45.5 Å². The highest BCUT2D eigenvalue weighted by Crippen LogP contribution is 2.39. The van der Waals surface area contributed by atoms with Gasteiger partial charge < -0.3 is 8.98 Å². The van der Waals surface area contributed by atoms with Gasteiger partial charge in [0.2, 0.25) is 5.95 Å². The first-order valence-corrected chi connectivity index (χ1v) is 19.1. The van der Waals surface area contributed by atoms with Gasteiger partial charge in [0.15, 0.2) is 11.6 Å². The monoisotopic (exact) mass is 729 g/mol. The van der Waals surface area contributed by atoms with Crippen molar-refractivity contribution in [2.24, 2.45) is 0 Å². The largest absolute Gasteiger partial charge is 0.456 e. The second-order valence-electron chi connectivity index (χ2n) is 14.5. The van der Waals surface area contributed by atoms with Gasteiger partial charge in [-0.1, -0.05) is 127 Å². The first-order valence-electron chi connectivity index (χ1n) is 19.1. The van der Waals surface area contributed by atoms with E-state index in [2.05, 4.69) is 124 Å². The summed E-state index contributed by atoms with van der Waals surface area (Å²) >= 11 is 0. The molecule has 0 saturated heterocycles. The number of aromatic nitrogens is 5. The predicted molar refractivity (Wildman–Crippen MR) is 232 cm³/mol. The number of hydrogen-bond donors (Lipinski definition) is 0. The lowest BCUT2D eigenvalue weighted by atomic mass is 10.0. The number of fused-ring (bicyclic) bond motifs is 9. The molecule has 0 saturated carbocycles. The molecule has 6 nitrogen and oxygen atoms in total. The minimum Gasteiger partial charge on any atom is -0.456 e. The van der Waals surface area contributed by atoms with Crippen molar-refractivity contribution in [2.45, 2.75) is 0 Å². The van der Waals surface area contributed by atoms with Crippen molar-refractivity contribution >= 4 is 65.6 Å². The molecule has 0 fully saturated rings. The fraction of sp³-hybridized carbons (Fsp3) is 0. The van der Waals surface area contributed by atoms with Crippen LogP contribution in [0.25, 0.3) is 111 Å². The van der Waals surface area contributed by atoms with Crippen LogP contribution in [0, 0.1) is 0 Å². The highest BCUT2D eigenvalue weighted by Gasteiger charge is 2.20. The second-order valence-corrected chi connectivity index (χ2v) is 14.5. The predicted octanol–water partition coefficient (Wildman–Crippen LogP) is 13.0. The summed E-state index contributed by atoms with van der Waals surface area (Å²) in [6.07, 6.45) is 0. The third-order valence-electron chi connectivity index (χ3n) is 11.2. The van der Waals surface area contributed by atoms with E-state index in [1.165, 1.54) is 10.8 Å². The van der Waals surface area contributed by atoms with Gasteiger partial charge >= 0.3 is 0 Å². The number of nitrogens with zero attached hydrogens (tertiary/aromatic N) is 5. The molecule has 0 spiro atoms. The Bertz CT molecular complexity index is 3470. The molecule has 0 atom stereocenters.